The van der Waals surface area contributed by atoms with E-state index in [1.54, 1.807) is 11.0 Å². The normalized spacial score (nSPS) is 14.6. The van der Waals surface area contributed by atoms with Gasteiger partial charge in [-0.2, -0.15) is 5.10 Å². The molecule has 0 bridgehead atoms. The van der Waals surface area contributed by atoms with Crippen LogP contribution in [-0.2, 0) is 7.05 Å². The van der Waals surface area contributed by atoms with Crippen LogP contribution < -0.4 is 10.2 Å². The zero-order chi connectivity index (χ0) is 15.8. The molecule has 1 aliphatic heterocycles. The first-order chi connectivity index (χ1) is 11.2. The summed E-state index contributed by atoms with van der Waals surface area (Å²) in [6, 6.07) is 8.55. The third-order valence-corrected chi connectivity index (χ3v) is 4.40. The van der Waals surface area contributed by atoms with Gasteiger partial charge in [-0.15, -0.1) is 0 Å². The minimum Gasteiger partial charge on any atom is -0.372 e. The van der Waals surface area contributed by atoms with Gasteiger partial charge < -0.3 is 10.2 Å². The Hall–Kier alpha value is -2.63. The van der Waals surface area contributed by atoms with Crippen molar-refractivity contribution < 1.29 is 0 Å². The summed E-state index contributed by atoms with van der Waals surface area (Å²) in [6.07, 6.45) is 4.16. The lowest BCUT2D eigenvalue weighted by Gasteiger charge is -2.18. The van der Waals surface area contributed by atoms with Crippen molar-refractivity contribution in [2.45, 2.75) is 19.8 Å². The Morgan fingerprint density at radius 3 is 2.52 bits per heavy atom. The van der Waals surface area contributed by atoms with Crippen LogP contribution in [0.4, 0.5) is 17.2 Å². The molecule has 2 aromatic heterocycles. The number of nitrogens with zero attached hydrogens (tertiary/aromatic N) is 5. The van der Waals surface area contributed by atoms with Gasteiger partial charge in [0, 0.05) is 31.5 Å². The van der Waals surface area contributed by atoms with Crippen molar-refractivity contribution in [3.63, 3.8) is 0 Å². The first-order valence-corrected chi connectivity index (χ1v) is 7.99. The molecule has 0 saturated carbocycles. The number of aromatic nitrogens is 4. The minimum atomic E-state index is 0.800. The summed E-state index contributed by atoms with van der Waals surface area (Å²) >= 11 is 0. The maximum atomic E-state index is 4.43. The highest BCUT2D eigenvalue weighted by Gasteiger charge is 2.14. The van der Waals surface area contributed by atoms with Crippen molar-refractivity contribution in [1.82, 2.24) is 19.7 Å². The van der Waals surface area contributed by atoms with E-state index in [4.69, 9.17) is 0 Å². The molecule has 6 heteroatoms. The fraction of sp³-hybridized carbons (Fsp3) is 0.353. The second kappa shape index (κ2) is 5.53. The van der Waals surface area contributed by atoms with Gasteiger partial charge in [0.25, 0.3) is 0 Å². The van der Waals surface area contributed by atoms with Crippen LogP contribution in [0.5, 0.6) is 0 Å². The van der Waals surface area contributed by atoms with Crippen molar-refractivity contribution in [1.29, 1.82) is 0 Å². The van der Waals surface area contributed by atoms with E-state index < -0.39 is 0 Å². The third-order valence-electron chi connectivity index (χ3n) is 4.40. The highest BCUT2D eigenvalue weighted by molar-refractivity contribution is 5.90. The van der Waals surface area contributed by atoms with Crippen LogP contribution in [0.2, 0.25) is 0 Å². The van der Waals surface area contributed by atoms with Gasteiger partial charge in [0.15, 0.2) is 5.65 Å². The molecule has 0 atom stereocenters. The monoisotopic (exact) mass is 308 g/mol. The van der Waals surface area contributed by atoms with Crippen LogP contribution in [0.25, 0.3) is 11.0 Å². The average Bonchev–Trinajstić information content (AvgIpc) is 3.18. The molecule has 0 amide bonds. The van der Waals surface area contributed by atoms with Gasteiger partial charge in [0.2, 0.25) is 0 Å². The Labute approximate surface area is 135 Å². The Morgan fingerprint density at radius 1 is 1.04 bits per heavy atom. The first-order valence-electron chi connectivity index (χ1n) is 7.99. The molecule has 0 unspecified atom stereocenters. The number of rotatable bonds is 3. The molecule has 3 heterocycles. The smallest absolute Gasteiger partial charge is 0.163 e. The molecule has 0 radical (unpaired) electrons. The van der Waals surface area contributed by atoms with E-state index in [0.29, 0.717) is 0 Å². The largest absolute Gasteiger partial charge is 0.372 e. The fourth-order valence-corrected chi connectivity index (χ4v) is 3.24. The van der Waals surface area contributed by atoms with Gasteiger partial charge in [-0.1, -0.05) is 0 Å². The number of hydrogen-bond donors (Lipinski definition) is 1. The van der Waals surface area contributed by atoms with Crippen molar-refractivity contribution in [2.24, 2.45) is 7.05 Å². The Morgan fingerprint density at radius 2 is 1.78 bits per heavy atom. The standard InChI is InChI=1S/C17H20N6/c1-12-15-16(18-11-19-17(15)22(2)21-12)20-13-5-7-14(8-6-13)23-9-3-4-10-23/h5-8,11H,3-4,9-10H2,1-2H3,(H,18,19,20). The van der Waals surface area contributed by atoms with E-state index in [9.17, 15) is 0 Å². The van der Waals surface area contributed by atoms with Crippen LogP contribution in [0.15, 0.2) is 30.6 Å². The van der Waals surface area contributed by atoms with Crippen LogP contribution in [0.1, 0.15) is 18.5 Å². The minimum absolute atomic E-state index is 0.800. The summed E-state index contributed by atoms with van der Waals surface area (Å²) in [4.78, 5) is 11.1. The third kappa shape index (κ3) is 2.50. The summed E-state index contributed by atoms with van der Waals surface area (Å²) in [5.74, 6) is 0.800. The molecule has 3 aromatic rings. The van der Waals surface area contributed by atoms with E-state index in [0.717, 1.165) is 41.3 Å². The van der Waals surface area contributed by atoms with Crippen LogP contribution >= 0.6 is 0 Å². The predicted molar refractivity (Wildman–Crippen MR) is 92.2 cm³/mol. The second-order valence-electron chi connectivity index (χ2n) is 6.00. The fourth-order valence-electron chi connectivity index (χ4n) is 3.24. The molecule has 1 saturated heterocycles. The first kappa shape index (κ1) is 14.0. The summed E-state index contributed by atoms with van der Waals surface area (Å²) in [5, 5.41) is 8.79. The number of fused-ring (bicyclic) bond motifs is 1. The molecule has 1 aromatic carbocycles. The summed E-state index contributed by atoms with van der Waals surface area (Å²) < 4.78 is 1.79. The topological polar surface area (TPSA) is 58.9 Å². The summed E-state index contributed by atoms with van der Waals surface area (Å²) in [7, 11) is 1.90. The quantitative estimate of drug-likeness (QED) is 0.806. The Kier molecular flexibility index (Phi) is 3.37. The molecule has 1 aliphatic rings. The second-order valence-corrected chi connectivity index (χ2v) is 6.00. The molecular formula is C17H20N6. The molecular weight excluding hydrogens is 288 g/mol. The van der Waals surface area contributed by atoms with Gasteiger partial charge in [0.05, 0.1) is 11.1 Å². The molecule has 6 nitrogen and oxygen atoms in total. The summed E-state index contributed by atoms with van der Waals surface area (Å²) in [6.45, 7) is 4.30. The number of hydrogen-bond acceptors (Lipinski definition) is 5. The predicted octanol–water partition coefficient (Wildman–Crippen LogP) is 3.02. The maximum Gasteiger partial charge on any atom is 0.163 e. The van der Waals surface area contributed by atoms with E-state index in [2.05, 4.69) is 49.5 Å². The summed E-state index contributed by atoms with van der Waals surface area (Å²) in [5.41, 5.74) is 4.09. The molecule has 1 fully saturated rings. The van der Waals surface area contributed by atoms with Crippen molar-refractivity contribution >= 4 is 28.2 Å². The van der Waals surface area contributed by atoms with E-state index in [1.807, 2.05) is 14.0 Å². The van der Waals surface area contributed by atoms with Crippen molar-refractivity contribution in [3.8, 4) is 0 Å². The number of aryl methyl sites for hydroxylation is 2. The zero-order valence-electron chi connectivity index (χ0n) is 13.5. The lowest BCUT2D eigenvalue weighted by atomic mass is 10.2. The highest BCUT2D eigenvalue weighted by atomic mass is 15.3. The van der Waals surface area contributed by atoms with Gasteiger partial charge >= 0.3 is 0 Å². The SMILES string of the molecule is Cc1nn(C)c2ncnc(Nc3ccc(N4CCCC4)cc3)c12. The molecule has 118 valence electrons. The maximum absolute atomic E-state index is 4.43. The van der Waals surface area contributed by atoms with Crippen molar-refractivity contribution in [2.75, 3.05) is 23.3 Å². The van der Waals surface area contributed by atoms with Gasteiger partial charge in [-0.3, -0.25) is 4.68 Å². The van der Waals surface area contributed by atoms with Gasteiger partial charge in [-0.25, -0.2) is 9.97 Å². The Bertz CT molecular complexity index is 830. The number of benzene rings is 1. The number of nitrogens with one attached hydrogen (secondary N) is 1. The van der Waals surface area contributed by atoms with Crippen LogP contribution in [-0.4, -0.2) is 32.8 Å². The molecule has 4 rings (SSSR count). The molecule has 23 heavy (non-hydrogen) atoms. The Balaban J connectivity index is 1.63. The number of anilines is 3. The average molecular weight is 308 g/mol. The molecule has 0 aliphatic carbocycles. The van der Waals surface area contributed by atoms with Gasteiger partial charge in [-0.05, 0) is 44.0 Å². The highest BCUT2D eigenvalue weighted by Crippen LogP contribution is 2.27. The van der Waals surface area contributed by atoms with Crippen LogP contribution in [0.3, 0.4) is 0 Å². The lowest BCUT2D eigenvalue weighted by Crippen LogP contribution is -2.17. The lowest BCUT2D eigenvalue weighted by molar-refractivity contribution is 0.773. The molecule has 1 N–H and O–H groups in total. The van der Waals surface area contributed by atoms with Crippen LogP contribution in [0, 0.1) is 6.92 Å². The van der Waals surface area contributed by atoms with Gasteiger partial charge in [0.1, 0.15) is 12.1 Å². The van der Waals surface area contributed by atoms with E-state index in [-0.39, 0.29) is 0 Å². The molecule has 0 spiro atoms. The van der Waals surface area contributed by atoms with Crippen molar-refractivity contribution in [3.05, 3.63) is 36.3 Å². The van der Waals surface area contributed by atoms with E-state index >= 15 is 0 Å². The zero-order valence-corrected chi connectivity index (χ0v) is 13.5. The van der Waals surface area contributed by atoms with E-state index in [1.165, 1.54) is 18.5 Å².